The van der Waals surface area contributed by atoms with Crippen LogP contribution in [0.3, 0.4) is 0 Å². The molecule has 0 aliphatic carbocycles. The van der Waals surface area contributed by atoms with Crippen molar-refractivity contribution in [3.05, 3.63) is 59.4 Å². The SMILES string of the molecule is CSc1cccc(N(C)C(C)c2ccccc2F)c1C#N. The average molecular weight is 300 g/mol. The Labute approximate surface area is 129 Å². The summed E-state index contributed by atoms with van der Waals surface area (Å²) in [5.74, 6) is -0.226. The van der Waals surface area contributed by atoms with Crippen molar-refractivity contribution in [3.63, 3.8) is 0 Å². The molecule has 1 atom stereocenters. The van der Waals surface area contributed by atoms with E-state index in [-0.39, 0.29) is 11.9 Å². The van der Waals surface area contributed by atoms with Crippen molar-refractivity contribution in [2.45, 2.75) is 17.9 Å². The monoisotopic (exact) mass is 300 g/mol. The molecule has 0 bridgehead atoms. The van der Waals surface area contributed by atoms with E-state index >= 15 is 0 Å². The Balaban J connectivity index is 2.43. The van der Waals surface area contributed by atoms with Gasteiger partial charge in [0.25, 0.3) is 0 Å². The van der Waals surface area contributed by atoms with Crippen LogP contribution in [0.15, 0.2) is 47.4 Å². The first-order valence-corrected chi connectivity index (χ1v) is 7.87. The minimum atomic E-state index is -0.226. The quantitative estimate of drug-likeness (QED) is 0.771. The molecule has 0 heterocycles. The van der Waals surface area contributed by atoms with Gasteiger partial charge in [-0.25, -0.2) is 4.39 Å². The number of rotatable bonds is 4. The van der Waals surface area contributed by atoms with E-state index in [4.69, 9.17) is 0 Å². The van der Waals surface area contributed by atoms with Gasteiger partial charge in [-0.15, -0.1) is 11.8 Å². The number of halogens is 1. The summed E-state index contributed by atoms with van der Waals surface area (Å²) >= 11 is 1.54. The van der Waals surface area contributed by atoms with E-state index in [1.54, 1.807) is 12.1 Å². The normalized spacial score (nSPS) is 11.8. The molecule has 0 N–H and O–H groups in total. The zero-order valence-electron chi connectivity index (χ0n) is 12.3. The third-order valence-electron chi connectivity index (χ3n) is 3.65. The van der Waals surface area contributed by atoms with Crippen molar-refractivity contribution < 1.29 is 4.39 Å². The summed E-state index contributed by atoms with van der Waals surface area (Å²) in [5, 5.41) is 9.42. The maximum absolute atomic E-state index is 13.9. The molecular weight excluding hydrogens is 283 g/mol. The van der Waals surface area contributed by atoms with Crippen molar-refractivity contribution in [2.75, 3.05) is 18.2 Å². The molecule has 0 aliphatic heterocycles. The van der Waals surface area contributed by atoms with Crippen LogP contribution in [0.4, 0.5) is 10.1 Å². The summed E-state index contributed by atoms with van der Waals surface area (Å²) in [5.41, 5.74) is 2.08. The third kappa shape index (κ3) is 3.03. The number of anilines is 1. The van der Waals surface area contributed by atoms with Gasteiger partial charge < -0.3 is 4.90 Å². The van der Waals surface area contributed by atoms with Gasteiger partial charge in [0.15, 0.2) is 0 Å². The Kier molecular flexibility index (Phi) is 4.87. The number of nitriles is 1. The number of nitrogens with zero attached hydrogens (tertiary/aromatic N) is 2. The van der Waals surface area contributed by atoms with Crippen LogP contribution in [0.2, 0.25) is 0 Å². The topological polar surface area (TPSA) is 27.0 Å². The smallest absolute Gasteiger partial charge is 0.128 e. The molecular formula is C17H17FN2S. The predicted molar refractivity (Wildman–Crippen MR) is 86.2 cm³/mol. The highest BCUT2D eigenvalue weighted by Gasteiger charge is 2.19. The second kappa shape index (κ2) is 6.64. The first-order chi connectivity index (χ1) is 10.1. The lowest BCUT2D eigenvalue weighted by Crippen LogP contribution is -2.23. The summed E-state index contributed by atoms with van der Waals surface area (Å²) in [4.78, 5) is 2.87. The Morgan fingerprint density at radius 1 is 1.19 bits per heavy atom. The molecule has 108 valence electrons. The summed E-state index contributed by atoms with van der Waals surface area (Å²) in [6.45, 7) is 1.94. The van der Waals surface area contributed by atoms with E-state index in [1.165, 1.54) is 17.8 Å². The molecule has 2 aromatic rings. The molecule has 21 heavy (non-hydrogen) atoms. The maximum Gasteiger partial charge on any atom is 0.128 e. The number of hydrogen-bond acceptors (Lipinski definition) is 3. The van der Waals surface area contributed by atoms with E-state index < -0.39 is 0 Å². The number of hydrogen-bond donors (Lipinski definition) is 0. The van der Waals surface area contributed by atoms with Crippen molar-refractivity contribution >= 4 is 17.4 Å². The van der Waals surface area contributed by atoms with Crippen LogP contribution in [0, 0.1) is 17.1 Å². The highest BCUT2D eigenvalue weighted by molar-refractivity contribution is 7.98. The van der Waals surface area contributed by atoms with Crippen LogP contribution in [0.25, 0.3) is 0 Å². The van der Waals surface area contributed by atoms with Crippen molar-refractivity contribution in [2.24, 2.45) is 0 Å². The van der Waals surface area contributed by atoms with Crippen LogP contribution < -0.4 is 4.90 Å². The zero-order chi connectivity index (χ0) is 15.4. The lowest BCUT2D eigenvalue weighted by Gasteiger charge is -2.29. The summed E-state index contributed by atoms with van der Waals surface area (Å²) < 4.78 is 13.9. The summed E-state index contributed by atoms with van der Waals surface area (Å²) in [6, 6.07) is 14.6. The van der Waals surface area contributed by atoms with Crippen molar-refractivity contribution in [1.29, 1.82) is 5.26 Å². The minimum Gasteiger partial charge on any atom is -0.367 e. The second-order valence-electron chi connectivity index (χ2n) is 4.77. The van der Waals surface area contributed by atoms with Gasteiger partial charge in [-0.3, -0.25) is 0 Å². The molecule has 0 fully saturated rings. The van der Waals surface area contributed by atoms with Crippen LogP contribution in [0.5, 0.6) is 0 Å². The standard InChI is InChI=1S/C17H17FN2S/c1-12(13-7-4-5-8-15(13)18)20(2)16-9-6-10-17(21-3)14(16)11-19/h4-10,12H,1-3H3. The van der Waals surface area contributed by atoms with Crippen molar-refractivity contribution in [3.8, 4) is 6.07 Å². The van der Waals surface area contributed by atoms with Gasteiger partial charge in [-0.05, 0) is 31.4 Å². The molecule has 2 nitrogen and oxygen atoms in total. The van der Waals surface area contributed by atoms with Crippen LogP contribution in [0.1, 0.15) is 24.1 Å². The molecule has 1 unspecified atom stereocenters. The van der Waals surface area contributed by atoms with E-state index in [0.717, 1.165) is 10.6 Å². The molecule has 0 aliphatic rings. The molecule has 0 saturated carbocycles. The Morgan fingerprint density at radius 2 is 1.90 bits per heavy atom. The molecule has 0 aromatic heterocycles. The molecule has 2 aromatic carbocycles. The van der Waals surface area contributed by atoms with Crippen LogP contribution in [-0.2, 0) is 0 Å². The van der Waals surface area contributed by atoms with Gasteiger partial charge in [0.2, 0.25) is 0 Å². The van der Waals surface area contributed by atoms with Crippen molar-refractivity contribution in [1.82, 2.24) is 0 Å². The fourth-order valence-electron chi connectivity index (χ4n) is 2.33. The van der Waals surface area contributed by atoms with E-state index in [2.05, 4.69) is 6.07 Å². The maximum atomic E-state index is 13.9. The van der Waals surface area contributed by atoms with Gasteiger partial charge in [0.1, 0.15) is 11.9 Å². The Hall–Kier alpha value is -1.99. The fourth-order valence-corrected chi connectivity index (χ4v) is 2.90. The molecule has 4 heteroatoms. The minimum absolute atomic E-state index is 0.157. The van der Waals surface area contributed by atoms with E-state index in [1.807, 2.05) is 49.4 Å². The van der Waals surface area contributed by atoms with Gasteiger partial charge in [0, 0.05) is 17.5 Å². The molecule has 0 saturated heterocycles. The predicted octanol–water partition coefficient (Wildman–Crippen LogP) is 4.62. The summed E-state index contributed by atoms with van der Waals surface area (Å²) in [6.07, 6.45) is 1.94. The molecule has 0 radical (unpaired) electrons. The Morgan fingerprint density at radius 3 is 2.52 bits per heavy atom. The molecule has 2 rings (SSSR count). The van der Waals surface area contributed by atoms with Gasteiger partial charge in [-0.1, -0.05) is 24.3 Å². The highest BCUT2D eigenvalue weighted by Crippen LogP contribution is 2.33. The number of thioether (sulfide) groups is 1. The summed E-state index contributed by atoms with van der Waals surface area (Å²) in [7, 11) is 1.89. The lowest BCUT2D eigenvalue weighted by molar-refractivity contribution is 0.585. The third-order valence-corrected chi connectivity index (χ3v) is 4.43. The molecule has 0 amide bonds. The fraction of sp³-hybridized carbons (Fsp3) is 0.235. The average Bonchev–Trinajstić information content (AvgIpc) is 2.53. The van der Waals surface area contributed by atoms with Gasteiger partial charge in [-0.2, -0.15) is 5.26 Å². The Bertz CT molecular complexity index is 679. The van der Waals surface area contributed by atoms with Crippen LogP contribution >= 0.6 is 11.8 Å². The van der Waals surface area contributed by atoms with Gasteiger partial charge >= 0.3 is 0 Å². The second-order valence-corrected chi connectivity index (χ2v) is 5.62. The van der Waals surface area contributed by atoms with E-state index in [9.17, 15) is 9.65 Å². The molecule has 0 spiro atoms. The highest BCUT2D eigenvalue weighted by atomic mass is 32.2. The van der Waals surface area contributed by atoms with Crippen LogP contribution in [-0.4, -0.2) is 13.3 Å². The first kappa shape index (κ1) is 15.4. The zero-order valence-corrected chi connectivity index (χ0v) is 13.1. The van der Waals surface area contributed by atoms with E-state index in [0.29, 0.717) is 11.1 Å². The first-order valence-electron chi connectivity index (χ1n) is 6.64. The number of benzene rings is 2. The van der Waals surface area contributed by atoms with Gasteiger partial charge in [0.05, 0.1) is 17.3 Å². The lowest BCUT2D eigenvalue weighted by atomic mass is 10.0. The largest absolute Gasteiger partial charge is 0.367 e.